The van der Waals surface area contributed by atoms with Crippen LogP contribution in [0.25, 0.3) is 10.9 Å². The van der Waals surface area contributed by atoms with E-state index in [1.807, 2.05) is 71.3 Å². The summed E-state index contributed by atoms with van der Waals surface area (Å²) in [5.41, 5.74) is 3.98. The predicted molar refractivity (Wildman–Crippen MR) is 192 cm³/mol. The first-order valence-corrected chi connectivity index (χ1v) is 18.0. The summed E-state index contributed by atoms with van der Waals surface area (Å²) in [6.45, 7) is 2.78. The Kier molecular flexibility index (Phi) is 15.3. The lowest BCUT2D eigenvalue weighted by atomic mass is 10.00. The third-order valence-electron chi connectivity index (χ3n) is 9.09. The Hall–Kier alpha value is -4.17. The lowest BCUT2D eigenvalue weighted by Crippen LogP contribution is -2.17. The van der Waals surface area contributed by atoms with Crippen molar-refractivity contribution in [2.24, 2.45) is 0 Å². The maximum atomic E-state index is 13.9. The van der Waals surface area contributed by atoms with Gasteiger partial charge in [0.25, 0.3) is 0 Å². The molecule has 0 radical (unpaired) electrons. The molecular formula is C42H52N2O3. The fourth-order valence-electron chi connectivity index (χ4n) is 6.40. The first-order valence-electron chi connectivity index (χ1n) is 18.0. The zero-order valence-electron chi connectivity index (χ0n) is 28.4. The number of ketones is 1. The number of rotatable bonds is 22. The van der Waals surface area contributed by atoms with Crippen molar-refractivity contribution >= 4 is 22.7 Å². The van der Waals surface area contributed by atoms with E-state index in [0.29, 0.717) is 29.8 Å². The van der Waals surface area contributed by atoms with Crippen LogP contribution in [0.15, 0.2) is 78.9 Å². The van der Waals surface area contributed by atoms with Crippen molar-refractivity contribution in [3.63, 3.8) is 0 Å². The van der Waals surface area contributed by atoms with Crippen molar-refractivity contribution in [2.75, 3.05) is 0 Å². The number of hydrogen-bond acceptors (Lipinski definition) is 4. The topological polar surface area (TPSA) is 72.1 Å². The van der Waals surface area contributed by atoms with Gasteiger partial charge >= 0.3 is 5.97 Å². The minimum absolute atomic E-state index is 0.0128. The van der Waals surface area contributed by atoms with Crippen molar-refractivity contribution in [3.8, 4) is 6.07 Å². The molecule has 47 heavy (non-hydrogen) atoms. The van der Waals surface area contributed by atoms with E-state index in [1.54, 1.807) is 12.1 Å². The lowest BCUT2D eigenvalue weighted by Gasteiger charge is -2.13. The molecule has 0 atom stereocenters. The van der Waals surface area contributed by atoms with E-state index in [0.717, 1.165) is 41.3 Å². The number of benzene rings is 3. The maximum Gasteiger partial charge on any atom is 0.356 e. The van der Waals surface area contributed by atoms with Gasteiger partial charge < -0.3 is 9.30 Å². The molecule has 248 valence electrons. The van der Waals surface area contributed by atoms with Gasteiger partial charge in [-0.05, 0) is 35.7 Å². The first kappa shape index (κ1) is 35.7. The van der Waals surface area contributed by atoms with Crippen LogP contribution in [0.3, 0.4) is 0 Å². The number of nitriles is 1. The SMILES string of the molecule is CCCCCCCCCCCCCCCCCC(=O)c1c(C(=O)OCc2ccccc2)n(Cc2ccc(C#N)cc2)c2ccccc12. The summed E-state index contributed by atoms with van der Waals surface area (Å²) in [7, 11) is 0. The number of ether oxygens (including phenoxy) is 1. The third-order valence-corrected chi connectivity index (χ3v) is 9.09. The van der Waals surface area contributed by atoms with Crippen LogP contribution in [-0.4, -0.2) is 16.3 Å². The van der Waals surface area contributed by atoms with Crippen LogP contribution in [0.2, 0.25) is 0 Å². The summed E-state index contributed by atoms with van der Waals surface area (Å²) in [6, 6.07) is 26.8. The molecule has 3 aromatic carbocycles. The van der Waals surface area contributed by atoms with E-state index in [4.69, 9.17) is 4.74 Å². The van der Waals surface area contributed by atoms with E-state index in [2.05, 4.69) is 13.0 Å². The predicted octanol–water partition coefficient (Wildman–Crippen LogP) is 11.4. The monoisotopic (exact) mass is 632 g/mol. The Morgan fingerprint density at radius 1 is 0.660 bits per heavy atom. The number of nitrogens with zero attached hydrogens (tertiary/aromatic N) is 2. The average Bonchev–Trinajstić information content (AvgIpc) is 3.43. The molecule has 0 aliphatic rings. The Bertz CT molecular complexity index is 1560. The van der Waals surface area contributed by atoms with E-state index < -0.39 is 5.97 Å². The molecule has 4 aromatic rings. The highest BCUT2D eigenvalue weighted by molar-refractivity contribution is 6.15. The second-order valence-corrected chi connectivity index (χ2v) is 12.8. The van der Waals surface area contributed by atoms with Gasteiger partial charge in [0.2, 0.25) is 0 Å². The fourth-order valence-corrected chi connectivity index (χ4v) is 6.40. The first-order chi connectivity index (χ1) is 23.1. The summed E-state index contributed by atoms with van der Waals surface area (Å²) in [5.74, 6) is -0.514. The second kappa shape index (κ2) is 20.1. The molecule has 1 heterocycles. The molecule has 5 nitrogen and oxygen atoms in total. The normalized spacial score (nSPS) is 11.1. The summed E-state index contributed by atoms with van der Waals surface area (Å²) in [6.07, 6.45) is 19.5. The molecule has 0 amide bonds. The molecule has 0 bridgehead atoms. The molecule has 0 aliphatic carbocycles. The van der Waals surface area contributed by atoms with Gasteiger partial charge in [-0.2, -0.15) is 5.26 Å². The van der Waals surface area contributed by atoms with Crippen molar-refractivity contribution < 1.29 is 14.3 Å². The highest BCUT2D eigenvalue weighted by Crippen LogP contribution is 2.30. The molecule has 0 saturated carbocycles. The summed E-state index contributed by atoms with van der Waals surface area (Å²) < 4.78 is 7.73. The highest BCUT2D eigenvalue weighted by atomic mass is 16.5. The number of fused-ring (bicyclic) bond motifs is 1. The summed E-state index contributed by atoms with van der Waals surface area (Å²) in [5, 5.41) is 10.0. The molecule has 0 aliphatic heterocycles. The van der Waals surface area contributed by atoms with Gasteiger partial charge in [-0.25, -0.2) is 4.79 Å². The van der Waals surface area contributed by atoms with E-state index in [-0.39, 0.29) is 12.4 Å². The number of hydrogen-bond donors (Lipinski definition) is 0. The number of aromatic nitrogens is 1. The summed E-state index contributed by atoms with van der Waals surface area (Å²) in [4.78, 5) is 27.7. The molecule has 0 N–H and O–H groups in total. The third kappa shape index (κ3) is 11.2. The van der Waals surface area contributed by atoms with E-state index in [1.165, 1.54) is 77.0 Å². The van der Waals surface area contributed by atoms with Crippen LogP contribution in [-0.2, 0) is 17.9 Å². The Labute approximate surface area is 282 Å². The maximum absolute atomic E-state index is 13.9. The molecule has 0 fully saturated rings. The van der Waals surface area contributed by atoms with Crippen LogP contribution in [0.4, 0.5) is 0 Å². The Morgan fingerprint density at radius 2 is 1.21 bits per heavy atom. The van der Waals surface area contributed by atoms with Crippen LogP contribution < -0.4 is 0 Å². The molecule has 0 spiro atoms. The number of esters is 1. The molecular weight excluding hydrogens is 580 g/mol. The average molecular weight is 633 g/mol. The van der Waals surface area contributed by atoms with Gasteiger partial charge in [-0.15, -0.1) is 0 Å². The number of carbonyl (C=O) groups is 2. The molecule has 4 rings (SSSR count). The molecule has 1 aromatic heterocycles. The highest BCUT2D eigenvalue weighted by Gasteiger charge is 2.28. The van der Waals surface area contributed by atoms with Crippen LogP contribution in [0.5, 0.6) is 0 Å². The number of para-hydroxylation sites is 1. The largest absolute Gasteiger partial charge is 0.456 e. The van der Waals surface area contributed by atoms with Gasteiger partial charge in [0.05, 0.1) is 17.2 Å². The van der Waals surface area contributed by atoms with E-state index in [9.17, 15) is 14.9 Å². The van der Waals surface area contributed by atoms with Gasteiger partial charge in [-0.3, -0.25) is 4.79 Å². The smallest absolute Gasteiger partial charge is 0.356 e. The van der Waals surface area contributed by atoms with Gasteiger partial charge in [-0.1, -0.05) is 157 Å². The summed E-state index contributed by atoms with van der Waals surface area (Å²) >= 11 is 0. The van der Waals surface area contributed by atoms with Gasteiger partial charge in [0.15, 0.2) is 5.78 Å². The minimum Gasteiger partial charge on any atom is -0.456 e. The zero-order valence-corrected chi connectivity index (χ0v) is 28.4. The quantitative estimate of drug-likeness (QED) is 0.0491. The van der Waals surface area contributed by atoms with Crippen molar-refractivity contribution in [3.05, 3.63) is 107 Å². The Balaban J connectivity index is 1.35. The van der Waals surface area contributed by atoms with Gasteiger partial charge in [0.1, 0.15) is 12.3 Å². The molecule has 0 saturated heterocycles. The van der Waals surface area contributed by atoms with Crippen LogP contribution >= 0.6 is 0 Å². The standard InChI is InChI=1S/C42H52N2O3/c1-2-3-4-5-6-7-8-9-10-11-12-13-14-15-19-26-39(45)40-37-24-20-21-25-38(37)44(32-35-29-27-34(31-43)28-30-35)41(40)42(46)47-33-36-22-17-16-18-23-36/h16-18,20-25,27-30H,2-15,19,26,32-33H2,1H3. The number of carbonyl (C=O) groups excluding carboxylic acids is 2. The number of unbranched alkanes of at least 4 members (excludes halogenated alkanes) is 14. The van der Waals surface area contributed by atoms with Crippen molar-refractivity contribution in [1.29, 1.82) is 5.26 Å². The van der Waals surface area contributed by atoms with Crippen molar-refractivity contribution in [2.45, 2.75) is 123 Å². The van der Waals surface area contributed by atoms with Crippen LogP contribution in [0, 0.1) is 11.3 Å². The van der Waals surface area contributed by atoms with Crippen LogP contribution in [0.1, 0.15) is 147 Å². The van der Waals surface area contributed by atoms with E-state index >= 15 is 0 Å². The zero-order chi connectivity index (χ0) is 33.1. The lowest BCUT2D eigenvalue weighted by molar-refractivity contribution is 0.0458. The minimum atomic E-state index is -0.501. The second-order valence-electron chi connectivity index (χ2n) is 12.8. The molecule has 0 unspecified atom stereocenters. The number of Topliss-reactive ketones (excluding diaryl/α,β-unsaturated/α-hetero) is 1. The van der Waals surface area contributed by atoms with Crippen molar-refractivity contribution in [1.82, 2.24) is 4.57 Å². The Morgan fingerprint density at radius 3 is 1.81 bits per heavy atom. The van der Waals surface area contributed by atoms with Gasteiger partial charge in [0, 0.05) is 23.9 Å². The fraction of sp³-hybridized carbons (Fsp3) is 0.452. The molecule has 5 heteroatoms.